The number of amides is 1. The van der Waals surface area contributed by atoms with Crippen LogP contribution >= 0.6 is 12.2 Å². The number of halogens is 3. The normalized spacial score (nSPS) is 12.0. The molecule has 1 aromatic carbocycles. The van der Waals surface area contributed by atoms with Gasteiger partial charge >= 0.3 is 0 Å². The van der Waals surface area contributed by atoms with Gasteiger partial charge in [0.15, 0.2) is 11.6 Å². The molecular formula is C11H11F3N2OS. The first kappa shape index (κ1) is 14.4. The summed E-state index contributed by atoms with van der Waals surface area (Å²) in [5.41, 5.74) is 4.61. The van der Waals surface area contributed by atoms with Gasteiger partial charge in [0.25, 0.3) is 0 Å². The van der Waals surface area contributed by atoms with Gasteiger partial charge in [0.05, 0.1) is 10.9 Å². The first-order valence-electron chi connectivity index (χ1n) is 5.11. The van der Waals surface area contributed by atoms with E-state index in [1.165, 1.54) is 0 Å². The smallest absolute Gasteiger partial charge is 0.234 e. The highest BCUT2D eigenvalue weighted by atomic mass is 32.1. The minimum absolute atomic E-state index is 0.0714. The summed E-state index contributed by atoms with van der Waals surface area (Å²) in [5.74, 6) is -5.01. The van der Waals surface area contributed by atoms with Crippen LogP contribution in [0, 0.1) is 23.4 Å². The van der Waals surface area contributed by atoms with Crippen LogP contribution in [-0.4, -0.2) is 10.9 Å². The Labute approximate surface area is 107 Å². The van der Waals surface area contributed by atoms with Crippen LogP contribution in [0.5, 0.6) is 0 Å². The van der Waals surface area contributed by atoms with Crippen LogP contribution in [0.1, 0.15) is 13.3 Å². The highest BCUT2D eigenvalue weighted by molar-refractivity contribution is 7.80. The molecule has 0 aromatic heterocycles. The first-order chi connectivity index (χ1) is 8.36. The van der Waals surface area contributed by atoms with E-state index >= 15 is 0 Å². The number of anilines is 1. The predicted octanol–water partition coefficient (Wildman–Crippen LogP) is 2.35. The quantitative estimate of drug-likeness (QED) is 0.830. The third-order valence-corrected chi connectivity index (χ3v) is 2.61. The third-order valence-electron chi connectivity index (χ3n) is 2.32. The molecule has 98 valence electrons. The number of carbonyl (C=O) groups is 1. The minimum Gasteiger partial charge on any atom is -0.393 e. The maximum Gasteiger partial charge on any atom is 0.234 e. The van der Waals surface area contributed by atoms with Crippen molar-refractivity contribution in [3.05, 3.63) is 29.6 Å². The number of rotatable bonds is 4. The molecule has 0 saturated carbocycles. The lowest BCUT2D eigenvalue weighted by Crippen LogP contribution is -2.33. The Morgan fingerprint density at radius 3 is 2.28 bits per heavy atom. The predicted molar refractivity (Wildman–Crippen MR) is 65.5 cm³/mol. The Hall–Kier alpha value is -1.63. The van der Waals surface area contributed by atoms with Crippen molar-refractivity contribution >= 4 is 28.8 Å². The largest absolute Gasteiger partial charge is 0.393 e. The second-order valence-electron chi connectivity index (χ2n) is 3.60. The number of hydrogen-bond donors (Lipinski definition) is 2. The second kappa shape index (κ2) is 5.81. The Morgan fingerprint density at radius 1 is 1.39 bits per heavy atom. The lowest BCUT2D eigenvalue weighted by atomic mass is 10.1. The van der Waals surface area contributed by atoms with Gasteiger partial charge in [0.1, 0.15) is 11.5 Å². The zero-order chi connectivity index (χ0) is 13.9. The molecule has 1 aromatic rings. The van der Waals surface area contributed by atoms with Crippen molar-refractivity contribution in [1.29, 1.82) is 0 Å². The molecule has 7 heteroatoms. The second-order valence-corrected chi connectivity index (χ2v) is 4.07. The number of carbonyl (C=O) groups excluding carboxylic acids is 1. The van der Waals surface area contributed by atoms with E-state index in [0.717, 1.165) is 0 Å². The molecule has 0 aliphatic carbocycles. The van der Waals surface area contributed by atoms with Crippen molar-refractivity contribution in [3.8, 4) is 0 Å². The molecule has 1 unspecified atom stereocenters. The average molecular weight is 276 g/mol. The van der Waals surface area contributed by atoms with E-state index in [4.69, 9.17) is 5.73 Å². The maximum absolute atomic E-state index is 13.3. The SMILES string of the molecule is CCC(C(=O)Nc1c(F)cc(F)cc1F)C(N)=S. The number of nitrogens with one attached hydrogen (secondary N) is 1. The zero-order valence-electron chi connectivity index (χ0n) is 9.47. The molecule has 0 heterocycles. The minimum atomic E-state index is -1.20. The van der Waals surface area contributed by atoms with E-state index in [-0.39, 0.29) is 4.99 Å². The molecule has 1 atom stereocenters. The fraction of sp³-hybridized carbons (Fsp3) is 0.273. The molecule has 3 N–H and O–H groups in total. The summed E-state index contributed by atoms with van der Waals surface area (Å²) in [7, 11) is 0. The van der Waals surface area contributed by atoms with Gasteiger partial charge in [0, 0.05) is 12.1 Å². The standard InChI is InChI=1S/C11H11F3N2OS/c1-2-6(10(15)18)11(17)16-9-7(13)3-5(12)4-8(9)14/h3-4,6H,2H2,1H3,(H2,15,18)(H,16,17). The van der Waals surface area contributed by atoms with Crippen molar-refractivity contribution in [1.82, 2.24) is 0 Å². The van der Waals surface area contributed by atoms with E-state index in [1.807, 2.05) is 5.32 Å². The Kier molecular flexibility index (Phi) is 4.66. The molecule has 3 nitrogen and oxygen atoms in total. The molecular weight excluding hydrogens is 265 g/mol. The van der Waals surface area contributed by atoms with Crippen LogP contribution in [0.2, 0.25) is 0 Å². The summed E-state index contributed by atoms with van der Waals surface area (Å²) in [4.78, 5) is 11.6. The molecule has 18 heavy (non-hydrogen) atoms. The third kappa shape index (κ3) is 3.19. The lowest BCUT2D eigenvalue weighted by Gasteiger charge is -2.14. The molecule has 0 spiro atoms. The van der Waals surface area contributed by atoms with Crippen LogP contribution in [0.3, 0.4) is 0 Å². The van der Waals surface area contributed by atoms with E-state index in [9.17, 15) is 18.0 Å². The average Bonchev–Trinajstić information content (AvgIpc) is 2.23. The fourth-order valence-electron chi connectivity index (χ4n) is 1.39. The summed E-state index contributed by atoms with van der Waals surface area (Å²) < 4.78 is 39.2. The van der Waals surface area contributed by atoms with Gasteiger partial charge in [-0.05, 0) is 6.42 Å². The lowest BCUT2D eigenvalue weighted by molar-refractivity contribution is -0.118. The van der Waals surface area contributed by atoms with Crippen molar-refractivity contribution in [2.45, 2.75) is 13.3 Å². The first-order valence-corrected chi connectivity index (χ1v) is 5.52. The summed E-state index contributed by atoms with van der Waals surface area (Å²) in [5, 5.41) is 2.01. The molecule has 0 saturated heterocycles. The molecule has 1 amide bonds. The van der Waals surface area contributed by atoms with E-state index in [0.29, 0.717) is 18.6 Å². The number of benzene rings is 1. The molecule has 1 rings (SSSR count). The Balaban J connectivity index is 2.98. The van der Waals surface area contributed by atoms with Gasteiger partial charge in [-0.3, -0.25) is 4.79 Å². The summed E-state index contributed by atoms with van der Waals surface area (Å²) in [6.07, 6.45) is 0.297. The van der Waals surface area contributed by atoms with Gasteiger partial charge in [-0.1, -0.05) is 19.1 Å². The van der Waals surface area contributed by atoms with E-state index in [2.05, 4.69) is 12.2 Å². The van der Waals surface area contributed by atoms with Gasteiger partial charge < -0.3 is 11.1 Å². The van der Waals surface area contributed by atoms with E-state index in [1.54, 1.807) is 6.92 Å². The van der Waals surface area contributed by atoms with Crippen LogP contribution in [0.15, 0.2) is 12.1 Å². The van der Waals surface area contributed by atoms with Crippen LogP contribution in [0.4, 0.5) is 18.9 Å². The molecule has 0 radical (unpaired) electrons. The van der Waals surface area contributed by atoms with Gasteiger partial charge in [0.2, 0.25) is 5.91 Å². The number of nitrogens with two attached hydrogens (primary N) is 1. The Bertz CT molecular complexity index is 470. The molecule has 0 fully saturated rings. The topological polar surface area (TPSA) is 55.1 Å². The van der Waals surface area contributed by atoms with Crippen molar-refractivity contribution in [3.63, 3.8) is 0 Å². The number of hydrogen-bond acceptors (Lipinski definition) is 2. The molecule has 0 aliphatic rings. The summed E-state index contributed by atoms with van der Waals surface area (Å²) >= 11 is 4.66. The van der Waals surface area contributed by atoms with Crippen LogP contribution in [0.25, 0.3) is 0 Å². The van der Waals surface area contributed by atoms with Gasteiger partial charge in [-0.25, -0.2) is 13.2 Å². The highest BCUT2D eigenvalue weighted by Gasteiger charge is 2.22. The Morgan fingerprint density at radius 2 is 1.89 bits per heavy atom. The monoisotopic (exact) mass is 276 g/mol. The van der Waals surface area contributed by atoms with Crippen molar-refractivity contribution in [2.24, 2.45) is 11.7 Å². The number of thiocarbonyl (C=S) groups is 1. The van der Waals surface area contributed by atoms with E-state index < -0.39 is 35.0 Å². The van der Waals surface area contributed by atoms with Gasteiger partial charge in [-0.2, -0.15) is 0 Å². The highest BCUT2D eigenvalue weighted by Crippen LogP contribution is 2.21. The fourth-order valence-corrected chi connectivity index (χ4v) is 1.66. The molecule has 0 bridgehead atoms. The van der Waals surface area contributed by atoms with Gasteiger partial charge in [-0.15, -0.1) is 0 Å². The van der Waals surface area contributed by atoms with Crippen molar-refractivity contribution in [2.75, 3.05) is 5.32 Å². The van der Waals surface area contributed by atoms with Crippen molar-refractivity contribution < 1.29 is 18.0 Å². The maximum atomic E-state index is 13.3. The van der Waals surface area contributed by atoms with Crippen LogP contribution < -0.4 is 11.1 Å². The zero-order valence-corrected chi connectivity index (χ0v) is 10.3. The summed E-state index contributed by atoms with van der Waals surface area (Å²) in [6.45, 7) is 1.65. The van der Waals surface area contributed by atoms with Crippen LogP contribution in [-0.2, 0) is 4.79 Å². The molecule has 0 aliphatic heterocycles. The summed E-state index contributed by atoms with van der Waals surface area (Å²) in [6, 6.07) is 0.945.